The third kappa shape index (κ3) is 3.42. The van der Waals surface area contributed by atoms with Gasteiger partial charge in [0, 0.05) is 18.3 Å². The number of aromatic nitrogens is 1. The summed E-state index contributed by atoms with van der Waals surface area (Å²) < 4.78 is 41.7. The lowest BCUT2D eigenvalue weighted by Gasteiger charge is -2.57. The van der Waals surface area contributed by atoms with E-state index in [0.717, 1.165) is 12.5 Å². The molecule has 1 aliphatic carbocycles. The summed E-state index contributed by atoms with van der Waals surface area (Å²) >= 11 is 0. The molecule has 2 aliphatic rings. The molecule has 1 saturated carbocycles. The number of hydrazine groups is 1. The van der Waals surface area contributed by atoms with Crippen LogP contribution in [-0.2, 0) is 11.3 Å². The molecule has 2 heterocycles. The molecule has 1 fully saturated rings. The van der Waals surface area contributed by atoms with Crippen LogP contribution in [0, 0.1) is 24.4 Å². The van der Waals surface area contributed by atoms with Crippen LogP contribution in [0.1, 0.15) is 30.5 Å². The predicted molar refractivity (Wildman–Crippen MR) is 114 cm³/mol. The Morgan fingerprint density at radius 1 is 1.22 bits per heavy atom. The van der Waals surface area contributed by atoms with Crippen LogP contribution in [-0.4, -0.2) is 33.5 Å². The highest BCUT2D eigenvalue weighted by atomic mass is 19.2. The number of nitrogens with two attached hydrogens (primary N) is 1. The van der Waals surface area contributed by atoms with Crippen molar-refractivity contribution in [3.63, 3.8) is 0 Å². The molecule has 168 valence electrons. The van der Waals surface area contributed by atoms with Gasteiger partial charge in [-0.25, -0.2) is 23.2 Å². The zero-order valence-electron chi connectivity index (χ0n) is 17.9. The summed E-state index contributed by atoms with van der Waals surface area (Å²) in [7, 11) is 1.80. The van der Waals surface area contributed by atoms with Crippen LogP contribution in [0.2, 0.25) is 0 Å². The average molecular weight is 443 g/mol. The maximum Gasteiger partial charge on any atom is 0.260 e. The molecule has 4 rings (SSSR count). The van der Waals surface area contributed by atoms with Crippen LogP contribution in [0.3, 0.4) is 0 Å². The van der Waals surface area contributed by atoms with Crippen LogP contribution < -0.4 is 11.1 Å². The number of aryl methyl sites for hydroxylation is 1. The van der Waals surface area contributed by atoms with Gasteiger partial charge in [-0.1, -0.05) is 18.7 Å². The quantitative estimate of drug-likeness (QED) is 0.753. The molecule has 1 aromatic heterocycles. The number of hydrogen-bond donors (Lipinski definition) is 2. The van der Waals surface area contributed by atoms with Crippen molar-refractivity contribution < 1.29 is 18.0 Å². The Morgan fingerprint density at radius 2 is 1.94 bits per heavy atom. The second kappa shape index (κ2) is 7.98. The number of carbonyl (C=O) groups excluding carboxylic acids is 1. The molecule has 1 aromatic carbocycles. The normalized spacial score (nSPS) is 18.2. The fraction of sp³-hybridized carbons (Fsp3) is 0.304. The van der Waals surface area contributed by atoms with Crippen molar-refractivity contribution >= 4 is 11.7 Å². The van der Waals surface area contributed by atoms with E-state index in [-0.39, 0.29) is 34.9 Å². The lowest BCUT2D eigenvalue weighted by Crippen LogP contribution is -2.64. The van der Waals surface area contributed by atoms with Gasteiger partial charge in [-0.05, 0) is 44.4 Å². The van der Waals surface area contributed by atoms with Crippen molar-refractivity contribution in [2.45, 2.75) is 38.3 Å². The fourth-order valence-electron chi connectivity index (χ4n) is 4.29. The Bertz CT molecular complexity index is 1140. The van der Waals surface area contributed by atoms with Crippen LogP contribution in [0.25, 0.3) is 0 Å². The van der Waals surface area contributed by atoms with Gasteiger partial charge in [-0.3, -0.25) is 4.79 Å². The first-order valence-electron chi connectivity index (χ1n) is 10.2. The monoisotopic (exact) mass is 443 g/mol. The van der Waals surface area contributed by atoms with Crippen molar-refractivity contribution in [1.82, 2.24) is 15.0 Å². The van der Waals surface area contributed by atoms with E-state index in [1.807, 2.05) is 5.01 Å². The summed E-state index contributed by atoms with van der Waals surface area (Å²) in [6, 6.07) is 6.54. The lowest BCUT2D eigenvalue weighted by molar-refractivity contribution is -0.118. The summed E-state index contributed by atoms with van der Waals surface area (Å²) in [4.78, 5) is 17.3. The predicted octanol–water partition coefficient (Wildman–Crippen LogP) is 3.76. The molecule has 0 saturated heterocycles. The molecule has 1 amide bonds. The van der Waals surface area contributed by atoms with E-state index in [1.165, 1.54) is 31.2 Å². The second-order valence-corrected chi connectivity index (χ2v) is 8.13. The fourth-order valence-corrected chi connectivity index (χ4v) is 4.29. The molecule has 0 unspecified atom stereocenters. The number of rotatable bonds is 4. The lowest BCUT2D eigenvalue weighted by atomic mass is 9.71. The van der Waals surface area contributed by atoms with Gasteiger partial charge in [0.15, 0.2) is 11.6 Å². The van der Waals surface area contributed by atoms with Gasteiger partial charge < -0.3 is 16.1 Å². The highest BCUT2D eigenvalue weighted by Gasteiger charge is 2.51. The molecule has 1 spiro atoms. The standard InChI is InChI=1S/C23H24F3N5O/c1-13-16(24)8-9-18(28-13)29-22(32)19-14(2)31(12-15-6-4-7-17(25)20(15)26)30(3)23(21(19)27)10-5-11-23/h4,6-9H,2,5,10-12,27H2,1,3H3,(H,28,29,32). The van der Waals surface area contributed by atoms with E-state index >= 15 is 0 Å². The average Bonchev–Trinajstić information content (AvgIpc) is 2.70. The number of nitrogens with one attached hydrogen (secondary N) is 1. The largest absolute Gasteiger partial charge is 0.400 e. The molecule has 2 aromatic rings. The molecule has 0 bridgehead atoms. The number of carbonyl (C=O) groups is 1. The van der Waals surface area contributed by atoms with Gasteiger partial charge >= 0.3 is 0 Å². The third-order valence-corrected chi connectivity index (χ3v) is 6.37. The van der Waals surface area contributed by atoms with Crippen LogP contribution in [0.15, 0.2) is 53.9 Å². The minimum atomic E-state index is -0.948. The van der Waals surface area contributed by atoms with Crippen molar-refractivity contribution in [3.05, 3.63) is 82.6 Å². The Kier molecular flexibility index (Phi) is 5.46. The second-order valence-electron chi connectivity index (χ2n) is 8.13. The van der Waals surface area contributed by atoms with Gasteiger partial charge in [-0.15, -0.1) is 0 Å². The molecule has 0 radical (unpaired) electrons. The van der Waals surface area contributed by atoms with Crippen molar-refractivity contribution in [2.24, 2.45) is 5.73 Å². The smallest absolute Gasteiger partial charge is 0.260 e. The number of benzene rings is 1. The molecule has 1 aliphatic heterocycles. The first-order valence-corrected chi connectivity index (χ1v) is 10.2. The molecular weight excluding hydrogens is 419 g/mol. The van der Waals surface area contributed by atoms with E-state index in [9.17, 15) is 18.0 Å². The summed E-state index contributed by atoms with van der Waals surface area (Å²) in [6.07, 6.45) is 2.32. The molecule has 9 heteroatoms. The summed E-state index contributed by atoms with van der Waals surface area (Å²) in [5.41, 5.74) is 6.92. The Hall–Kier alpha value is -3.33. The van der Waals surface area contributed by atoms with Gasteiger partial charge in [0.25, 0.3) is 5.91 Å². The highest BCUT2D eigenvalue weighted by molar-refractivity contribution is 6.07. The molecule has 6 nitrogen and oxygen atoms in total. The molecule has 32 heavy (non-hydrogen) atoms. The zero-order valence-corrected chi connectivity index (χ0v) is 17.9. The zero-order chi connectivity index (χ0) is 23.2. The van der Waals surface area contributed by atoms with E-state index < -0.39 is 28.9 Å². The minimum absolute atomic E-state index is 0.0291. The number of hydrogen-bond acceptors (Lipinski definition) is 5. The minimum Gasteiger partial charge on any atom is -0.400 e. The topological polar surface area (TPSA) is 74.5 Å². The summed E-state index contributed by atoms with van der Waals surface area (Å²) in [5.74, 6) is -2.75. The summed E-state index contributed by atoms with van der Waals surface area (Å²) in [6.45, 7) is 5.50. The van der Waals surface area contributed by atoms with Gasteiger partial charge in [-0.2, -0.15) is 0 Å². The molecular formula is C23H24F3N5O. The van der Waals surface area contributed by atoms with E-state index in [4.69, 9.17) is 5.73 Å². The number of halogens is 3. The van der Waals surface area contributed by atoms with Crippen LogP contribution >= 0.6 is 0 Å². The maximum absolute atomic E-state index is 14.4. The first-order chi connectivity index (χ1) is 15.2. The molecule has 3 N–H and O–H groups in total. The number of anilines is 1. The maximum atomic E-state index is 14.4. The van der Waals surface area contributed by atoms with E-state index in [0.29, 0.717) is 18.5 Å². The number of likely N-dealkylation sites (N-methyl/N-ethyl adjacent to an activating group) is 1. The number of pyridine rings is 1. The van der Waals surface area contributed by atoms with Crippen molar-refractivity contribution in [3.8, 4) is 0 Å². The SMILES string of the molecule is C=C1C(C(=O)Nc2ccc(F)c(C)n2)=C(N)C2(CCC2)N(C)N1Cc1cccc(F)c1F. The number of nitrogens with zero attached hydrogens (tertiary/aromatic N) is 3. The molecule has 0 atom stereocenters. The van der Waals surface area contributed by atoms with Gasteiger partial charge in [0.2, 0.25) is 0 Å². The van der Waals surface area contributed by atoms with E-state index in [2.05, 4.69) is 16.9 Å². The summed E-state index contributed by atoms with van der Waals surface area (Å²) in [5, 5.41) is 6.15. The Labute approximate surface area is 184 Å². The Morgan fingerprint density at radius 3 is 2.56 bits per heavy atom. The van der Waals surface area contributed by atoms with Crippen molar-refractivity contribution in [1.29, 1.82) is 0 Å². The van der Waals surface area contributed by atoms with Gasteiger partial charge in [0.1, 0.15) is 11.6 Å². The van der Waals surface area contributed by atoms with Crippen LogP contribution in [0.5, 0.6) is 0 Å². The van der Waals surface area contributed by atoms with Crippen LogP contribution in [0.4, 0.5) is 19.0 Å². The van der Waals surface area contributed by atoms with Crippen molar-refractivity contribution in [2.75, 3.05) is 12.4 Å². The van der Waals surface area contributed by atoms with Gasteiger partial charge in [0.05, 0.1) is 29.0 Å². The van der Waals surface area contributed by atoms with E-state index in [1.54, 1.807) is 12.1 Å². The Balaban J connectivity index is 1.70. The number of amides is 1. The first kappa shape index (κ1) is 21.9. The third-order valence-electron chi connectivity index (χ3n) is 6.37. The highest BCUT2D eigenvalue weighted by Crippen LogP contribution is 2.48.